The van der Waals surface area contributed by atoms with Crippen molar-refractivity contribution in [2.24, 2.45) is 0 Å². The highest BCUT2D eigenvalue weighted by Gasteiger charge is 2.25. The van der Waals surface area contributed by atoms with Gasteiger partial charge in [0.1, 0.15) is 5.52 Å². The van der Waals surface area contributed by atoms with Crippen LogP contribution in [0.4, 0.5) is 16.3 Å². The molecule has 3 heterocycles. The van der Waals surface area contributed by atoms with Crippen LogP contribution in [-0.2, 0) is 6.54 Å². The van der Waals surface area contributed by atoms with E-state index in [0.29, 0.717) is 49.7 Å². The Labute approximate surface area is 176 Å². The number of hydrogen-bond donors (Lipinski definition) is 1. The molecule has 29 heavy (non-hydrogen) atoms. The van der Waals surface area contributed by atoms with Gasteiger partial charge in [-0.1, -0.05) is 15.9 Å². The summed E-state index contributed by atoms with van der Waals surface area (Å²) in [5, 5.41) is 2.91. The number of piperazine rings is 1. The smallest absolute Gasteiger partial charge is 0.321 e. The van der Waals surface area contributed by atoms with E-state index >= 15 is 0 Å². The minimum atomic E-state index is -0.147. The van der Waals surface area contributed by atoms with Gasteiger partial charge in [-0.3, -0.25) is 9.36 Å². The highest BCUT2D eigenvalue weighted by atomic mass is 79.9. The third-order valence-corrected chi connectivity index (χ3v) is 5.49. The van der Waals surface area contributed by atoms with Gasteiger partial charge in [-0.05, 0) is 43.3 Å². The van der Waals surface area contributed by atoms with Crippen LogP contribution in [0.3, 0.4) is 0 Å². The van der Waals surface area contributed by atoms with Crippen molar-refractivity contribution in [1.82, 2.24) is 19.4 Å². The Morgan fingerprint density at radius 3 is 2.55 bits per heavy atom. The Balaban J connectivity index is 1.48. The number of carbonyl (C=O) groups is 1. The molecule has 0 spiro atoms. The van der Waals surface area contributed by atoms with Gasteiger partial charge in [0.15, 0.2) is 11.5 Å². The molecule has 0 atom stereocenters. The van der Waals surface area contributed by atoms with Gasteiger partial charge in [-0.2, -0.15) is 0 Å². The van der Waals surface area contributed by atoms with Crippen LogP contribution in [0.25, 0.3) is 11.2 Å². The first-order valence-corrected chi connectivity index (χ1v) is 10.3. The van der Waals surface area contributed by atoms with Crippen LogP contribution in [0.2, 0.25) is 0 Å². The van der Waals surface area contributed by atoms with E-state index in [0.717, 1.165) is 10.2 Å². The summed E-state index contributed by atoms with van der Waals surface area (Å²) in [4.78, 5) is 38.0. The lowest BCUT2D eigenvalue weighted by Gasteiger charge is -2.35. The van der Waals surface area contributed by atoms with Crippen LogP contribution in [0, 0.1) is 0 Å². The molecular weight excluding hydrogens is 436 g/mol. The van der Waals surface area contributed by atoms with E-state index in [2.05, 4.69) is 31.2 Å². The van der Waals surface area contributed by atoms with E-state index in [1.807, 2.05) is 48.2 Å². The summed E-state index contributed by atoms with van der Waals surface area (Å²) in [7, 11) is 0. The number of aryl methyl sites for hydroxylation is 1. The lowest BCUT2D eigenvalue weighted by atomic mass is 10.3. The standard InChI is InChI=1S/C20H21BrN6O2/c1-2-27-17-16(4-3-9-22-17)24-18(19(27)28)25-10-12-26(13-11-25)20(29)23-15-7-5-14(21)6-8-15/h3-9H,2,10-13H2,1H3,(H,23,29). The second-order valence-corrected chi connectivity index (χ2v) is 7.66. The quantitative estimate of drug-likeness (QED) is 0.654. The monoisotopic (exact) mass is 456 g/mol. The zero-order valence-electron chi connectivity index (χ0n) is 16.0. The summed E-state index contributed by atoms with van der Waals surface area (Å²) in [6, 6.07) is 11.0. The summed E-state index contributed by atoms with van der Waals surface area (Å²) < 4.78 is 2.60. The molecule has 150 valence electrons. The van der Waals surface area contributed by atoms with Crippen molar-refractivity contribution in [2.75, 3.05) is 36.4 Å². The summed E-state index contributed by atoms with van der Waals surface area (Å²) in [6.07, 6.45) is 1.66. The first-order chi connectivity index (χ1) is 14.1. The van der Waals surface area contributed by atoms with Gasteiger partial charge in [0.05, 0.1) is 0 Å². The Hall–Kier alpha value is -2.94. The molecule has 0 aliphatic carbocycles. The molecule has 1 aromatic carbocycles. The molecule has 1 aliphatic rings. The Morgan fingerprint density at radius 2 is 1.86 bits per heavy atom. The first-order valence-electron chi connectivity index (χ1n) is 9.49. The molecule has 0 unspecified atom stereocenters. The van der Waals surface area contributed by atoms with Crippen molar-refractivity contribution in [3.05, 3.63) is 57.4 Å². The molecule has 3 aromatic rings. The molecule has 2 aromatic heterocycles. The Bertz CT molecular complexity index is 1090. The summed E-state index contributed by atoms with van der Waals surface area (Å²) >= 11 is 3.38. The molecule has 0 saturated carbocycles. The highest BCUT2D eigenvalue weighted by molar-refractivity contribution is 9.10. The van der Waals surface area contributed by atoms with E-state index in [4.69, 9.17) is 0 Å². The predicted octanol–water partition coefficient (Wildman–Crippen LogP) is 2.93. The van der Waals surface area contributed by atoms with Crippen molar-refractivity contribution in [3.63, 3.8) is 0 Å². The van der Waals surface area contributed by atoms with Crippen LogP contribution in [0.15, 0.2) is 51.9 Å². The van der Waals surface area contributed by atoms with E-state index < -0.39 is 0 Å². The van der Waals surface area contributed by atoms with Crippen LogP contribution in [0.5, 0.6) is 0 Å². The molecule has 0 radical (unpaired) electrons. The summed E-state index contributed by atoms with van der Waals surface area (Å²) in [5.41, 5.74) is 1.89. The van der Waals surface area contributed by atoms with Crippen molar-refractivity contribution < 1.29 is 4.79 Å². The van der Waals surface area contributed by atoms with Crippen LogP contribution < -0.4 is 15.8 Å². The lowest BCUT2D eigenvalue weighted by Crippen LogP contribution is -2.51. The van der Waals surface area contributed by atoms with Crippen molar-refractivity contribution in [1.29, 1.82) is 0 Å². The number of nitrogens with zero attached hydrogens (tertiary/aromatic N) is 5. The minimum Gasteiger partial charge on any atom is -0.348 e. The number of amides is 2. The largest absolute Gasteiger partial charge is 0.348 e. The fraction of sp³-hybridized carbons (Fsp3) is 0.300. The third kappa shape index (κ3) is 3.95. The molecule has 1 aliphatic heterocycles. The van der Waals surface area contributed by atoms with E-state index in [1.54, 1.807) is 15.7 Å². The number of nitrogens with one attached hydrogen (secondary N) is 1. The van der Waals surface area contributed by atoms with Gasteiger partial charge in [-0.25, -0.2) is 14.8 Å². The highest BCUT2D eigenvalue weighted by Crippen LogP contribution is 2.17. The number of fused-ring (bicyclic) bond motifs is 1. The topological polar surface area (TPSA) is 83.4 Å². The zero-order chi connectivity index (χ0) is 20.4. The first kappa shape index (κ1) is 19.4. The average molecular weight is 457 g/mol. The van der Waals surface area contributed by atoms with Gasteiger partial charge in [0.25, 0.3) is 5.56 Å². The van der Waals surface area contributed by atoms with Gasteiger partial charge in [0, 0.05) is 49.1 Å². The van der Waals surface area contributed by atoms with Crippen molar-refractivity contribution >= 4 is 44.6 Å². The fourth-order valence-electron chi connectivity index (χ4n) is 3.42. The van der Waals surface area contributed by atoms with E-state index in [1.165, 1.54) is 0 Å². The molecule has 1 N–H and O–H groups in total. The number of halogens is 1. The average Bonchev–Trinajstić information content (AvgIpc) is 2.75. The molecule has 2 amide bonds. The maximum absolute atomic E-state index is 12.9. The molecule has 1 saturated heterocycles. The lowest BCUT2D eigenvalue weighted by molar-refractivity contribution is 0.208. The number of carbonyl (C=O) groups excluding carboxylic acids is 1. The summed E-state index contributed by atoms with van der Waals surface area (Å²) in [6.45, 7) is 4.57. The predicted molar refractivity (Wildman–Crippen MR) is 116 cm³/mol. The minimum absolute atomic E-state index is 0.145. The summed E-state index contributed by atoms with van der Waals surface area (Å²) in [5.74, 6) is 0.417. The molecule has 8 nitrogen and oxygen atoms in total. The number of benzene rings is 1. The van der Waals surface area contributed by atoms with Crippen molar-refractivity contribution in [3.8, 4) is 0 Å². The van der Waals surface area contributed by atoms with Gasteiger partial charge in [-0.15, -0.1) is 0 Å². The van der Waals surface area contributed by atoms with Gasteiger partial charge >= 0.3 is 6.03 Å². The SMILES string of the molecule is CCn1c(=O)c(N2CCN(C(=O)Nc3ccc(Br)cc3)CC2)nc2cccnc21. The maximum atomic E-state index is 12.9. The number of rotatable bonds is 3. The number of anilines is 2. The second-order valence-electron chi connectivity index (χ2n) is 6.74. The number of aromatic nitrogens is 3. The molecule has 1 fully saturated rings. The fourth-order valence-corrected chi connectivity index (χ4v) is 3.68. The van der Waals surface area contributed by atoms with Crippen LogP contribution >= 0.6 is 15.9 Å². The number of urea groups is 1. The Morgan fingerprint density at radius 1 is 1.14 bits per heavy atom. The normalized spacial score (nSPS) is 14.3. The second kappa shape index (κ2) is 8.20. The number of hydrogen-bond acceptors (Lipinski definition) is 5. The Kier molecular flexibility index (Phi) is 5.48. The zero-order valence-corrected chi connectivity index (χ0v) is 17.6. The van der Waals surface area contributed by atoms with E-state index in [9.17, 15) is 9.59 Å². The van der Waals surface area contributed by atoms with Crippen molar-refractivity contribution in [2.45, 2.75) is 13.5 Å². The third-order valence-electron chi connectivity index (χ3n) is 4.96. The molecule has 9 heteroatoms. The van der Waals surface area contributed by atoms with Gasteiger partial charge < -0.3 is 15.1 Å². The molecular formula is C20H21BrN6O2. The van der Waals surface area contributed by atoms with E-state index in [-0.39, 0.29) is 11.6 Å². The number of pyridine rings is 1. The molecule has 0 bridgehead atoms. The maximum Gasteiger partial charge on any atom is 0.321 e. The van der Waals surface area contributed by atoms with Crippen LogP contribution in [0.1, 0.15) is 6.92 Å². The van der Waals surface area contributed by atoms with Gasteiger partial charge in [0.2, 0.25) is 0 Å². The van der Waals surface area contributed by atoms with Crippen LogP contribution in [-0.4, -0.2) is 51.6 Å². The molecule has 4 rings (SSSR count).